The smallest absolute Gasteiger partial charge is 0.0993 e. The fraction of sp³-hybridized carbons (Fsp3) is 0.733. The second-order valence-corrected chi connectivity index (χ2v) is 6.56. The summed E-state index contributed by atoms with van der Waals surface area (Å²) in [6.45, 7) is 6.41. The average molecular weight is 252 g/mol. The Kier molecular flexibility index (Phi) is 3.94. The summed E-state index contributed by atoms with van der Waals surface area (Å²) in [5, 5.41) is 13.1. The molecule has 0 aliphatic heterocycles. The second-order valence-electron chi connectivity index (χ2n) is 5.64. The van der Waals surface area contributed by atoms with Gasteiger partial charge in [-0.1, -0.05) is 32.6 Å². The molecule has 1 saturated carbocycles. The van der Waals surface area contributed by atoms with Gasteiger partial charge >= 0.3 is 0 Å². The third-order valence-corrected chi connectivity index (χ3v) is 5.72. The first-order chi connectivity index (χ1) is 8.07. The van der Waals surface area contributed by atoms with Crippen molar-refractivity contribution in [1.29, 1.82) is 0 Å². The molecule has 1 aromatic heterocycles. The minimum Gasteiger partial charge on any atom is -0.384 e. The lowest BCUT2D eigenvalue weighted by Crippen LogP contribution is -2.38. The van der Waals surface area contributed by atoms with Crippen molar-refractivity contribution in [2.24, 2.45) is 11.8 Å². The third-order valence-electron chi connectivity index (χ3n) is 4.48. The van der Waals surface area contributed by atoms with Crippen LogP contribution in [-0.2, 0) is 5.60 Å². The largest absolute Gasteiger partial charge is 0.384 e. The Labute approximate surface area is 109 Å². The van der Waals surface area contributed by atoms with Crippen LogP contribution in [0.25, 0.3) is 0 Å². The van der Waals surface area contributed by atoms with Gasteiger partial charge in [0, 0.05) is 4.88 Å². The zero-order valence-electron chi connectivity index (χ0n) is 11.2. The van der Waals surface area contributed by atoms with Gasteiger partial charge < -0.3 is 5.11 Å². The van der Waals surface area contributed by atoms with Crippen LogP contribution < -0.4 is 0 Å². The number of thiophene rings is 1. The highest BCUT2D eigenvalue weighted by Gasteiger charge is 2.40. The summed E-state index contributed by atoms with van der Waals surface area (Å²) in [6, 6.07) is 2.12. The highest BCUT2D eigenvalue weighted by Crippen LogP contribution is 2.45. The van der Waals surface area contributed by atoms with Gasteiger partial charge in [0.15, 0.2) is 0 Å². The van der Waals surface area contributed by atoms with Gasteiger partial charge in [-0.2, -0.15) is 0 Å². The molecule has 2 rings (SSSR count). The van der Waals surface area contributed by atoms with Crippen molar-refractivity contribution in [3.05, 3.63) is 21.9 Å². The van der Waals surface area contributed by atoms with Gasteiger partial charge in [0.25, 0.3) is 0 Å². The van der Waals surface area contributed by atoms with Crippen molar-refractivity contribution in [1.82, 2.24) is 0 Å². The van der Waals surface area contributed by atoms with Gasteiger partial charge in [0.05, 0.1) is 5.60 Å². The Bertz CT molecular complexity index is 367. The first kappa shape index (κ1) is 13.1. The predicted molar refractivity (Wildman–Crippen MR) is 74.4 cm³/mol. The number of hydrogen-bond donors (Lipinski definition) is 1. The molecule has 1 nitrogen and oxygen atoms in total. The first-order valence-electron chi connectivity index (χ1n) is 6.84. The van der Waals surface area contributed by atoms with Crippen LogP contribution in [0.4, 0.5) is 0 Å². The summed E-state index contributed by atoms with van der Waals surface area (Å²) in [7, 11) is 0. The minimum absolute atomic E-state index is 0.443. The number of aliphatic hydroxyl groups is 1. The van der Waals surface area contributed by atoms with E-state index in [0.717, 1.165) is 0 Å². The van der Waals surface area contributed by atoms with Crippen LogP contribution in [0, 0.1) is 18.8 Å². The van der Waals surface area contributed by atoms with Crippen LogP contribution in [0.2, 0.25) is 0 Å². The van der Waals surface area contributed by atoms with Crippen LogP contribution in [0.1, 0.15) is 56.4 Å². The standard InChI is InChI=1S/C15H24OS/c1-4-12-7-5-6-8-13(12)15(3,16)14-11(2)9-10-17-14/h9-10,12-13,16H,4-8H2,1-3H3. The van der Waals surface area contributed by atoms with Crippen LogP contribution in [-0.4, -0.2) is 5.11 Å². The quantitative estimate of drug-likeness (QED) is 0.841. The van der Waals surface area contributed by atoms with Crippen molar-refractivity contribution in [2.45, 2.75) is 58.5 Å². The topological polar surface area (TPSA) is 20.2 Å². The molecule has 1 heterocycles. The monoisotopic (exact) mass is 252 g/mol. The fourth-order valence-corrected chi connectivity index (χ4v) is 4.55. The minimum atomic E-state index is -0.626. The Morgan fingerprint density at radius 1 is 1.41 bits per heavy atom. The summed E-state index contributed by atoms with van der Waals surface area (Å²) in [4.78, 5) is 1.18. The molecule has 0 spiro atoms. The molecular formula is C15H24OS. The molecule has 0 radical (unpaired) electrons. The molecule has 1 N–H and O–H groups in total. The van der Waals surface area contributed by atoms with E-state index in [9.17, 15) is 5.11 Å². The van der Waals surface area contributed by atoms with Crippen molar-refractivity contribution in [2.75, 3.05) is 0 Å². The van der Waals surface area contributed by atoms with E-state index in [0.29, 0.717) is 11.8 Å². The molecule has 96 valence electrons. The van der Waals surface area contributed by atoms with E-state index in [-0.39, 0.29) is 0 Å². The molecule has 0 bridgehead atoms. The maximum atomic E-state index is 11.0. The van der Waals surface area contributed by atoms with Gasteiger partial charge in [-0.25, -0.2) is 0 Å². The predicted octanol–water partition coefficient (Wildman–Crippen LogP) is 4.48. The molecule has 0 saturated heterocycles. The van der Waals surface area contributed by atoms with Gasteiger partial charge in [-0.3, -0.25) is 0 Å². The normalized spacial score (nSPS) is 28.9. The van der Waals surface area contributed by atoms with E-state index < -0.39 is 5.60 Å². The zero-order valence-corrected chi connectivity index (χ0v) is 12.0. The number of rotatable bonds is 3. The molecule has 0 amide bonds. The van der Waals surface area contributed by atoms with E-state index in [1.807, 2.05) is 6.92 Å². The van der Waals surface area contributed by atoms with Crippen LogP contribution in [0.5, 0.6) is 0 Å². The fourth-order valence-electron chi connectivity index (χ4n) is 3.50. The lowest BCUT2D eigenvalue weighted by atomic mass is 9.69. The molecule has 1 aromatic rings. The van der Waals surface area contributed by atoms with Crippen LogP contribution in [0.3, 0.4) is 0 Å². The summed E-state index contributed by atoms with van der Waals surface area (Å²) in [5.74, 6) is 1.14. The Morgan fingerprint density at radius 2 is 2.12 bits per heavy atom. The van der Waals surface area contributed by atoms with Crippen LogP contribution in [0.15, 0.2) is 11.4 Å². The van der Waals surface area contributed by atoms with Crippen LogP contribution >= 0.6 is 11.3 Å². The second kappa shape index (κ2) is 5.11. The van der Waals surface area contributed by atoms with Crippen molar-refractivity contribution < 1.29 is 5.11 Å². The summed E-state index contributed by atoms with van der Waals surface area (Å²) in [6.07, 6.45) is 6.30. The molecule has 1 fully saturated rings. The van der Waals surface area contributed by atoms with E-state index in [4.69, 9.17) is 0 Å². The van der Waals surface area contributed by atoms with Gasteiger partial charge in [0.1, 0.15) is 0 Å². The molecule has 2 heteroatoms. The highest BCUT2D eigenvalue weighted by atomic mass is 32.1. The highest BCUT2D eigenvalue weighted by molar-refractivity contribution is 7.10. The van der Waals surface area contributed by atoms with Gasteiger partial charge in [0.2, 0.25) is 0 Å². The van der Waals surface area contributed by atoms with E-state index in [1.54, 1.807) is 11.3 Å². The van der Waals surface area contributed by atoms with Crippen molar-refractivity contribution in [3.8, 4) is 0 Å². The van der Waals surface area contributed by atoms with E-state index >= 15 is 0 Å². The number of aryl methyl sites for hydroxylation is 1. The maximum Gasteiger partial charge on any atom is 0.0993 e. The van der Waals surface area contributed by atoms with Crippen molar-refractivity contribution >= 4 is 11.3 Å². The Hall–Kier alpha value is -0.340. The molecular weight excluding hydrogens is 228 g/mol. The molecule has 1 aliphatic carbocycles. The Morgan fingerprint density at radius 3 is 2.71 bits per heavy atom. The SMILES string of the molecule is CCC1CCCCC1C(C)(O)c1sccc1C. The summed E-state index contributed by atoms with van der Waals surface area (Å²) < 4.78 is 0. The van der Waals surface area contributed by atoms with E-state index in [1.165, 1.54) is 42.5 Å². The number of hydrogen-bond acceptors (Lipinski definition) is 2. The first-order valence-corrected chi connectivity index (χ1v) is 7.72. The average Bonchev–Trinajstić information content (AvgIpc) is 2.76. The lowest BCUT2D eigenvalue weighted by molar-refractivity contribution is -0.0464. The lowest BCUT2D eigenvalue weighted by Gasteiger charge is -2.41. The molecule has 1 aliphatic rings. The summed E-state index contributed by atoms with van der Waals surface area (Å²) in [5.41, 5.74) is 0.625. The van der Waals surface area contributed by atoms with Crippen molar-refractivity contribution in [3.63, 3.8) is 0 Å². The molecule has 0 aromatic carbocycles. The molecule has 17 heavy (non-hydrogen) atoms. The maximum absolute atomic E-state index is 11.0. The molecule has 3 unspecified atom stereocenters. The zero-order chi connectivity index (χ0) is 12.5. The van der Waals surface area contributed by atoms with Gasteiger partial charge in [-0.15, -0.1) is 11.3 Å². The molecule has 3 atom stereocenters. The van der Waals surface area contributed by atoms with E-state index in [2.05, 4.69) is 25.3 Å². The Balaban J connectivity index is 2.27. The summed E-state index contributed by atoms with van der Waals surface area (Å²) >= 11 is 1.71. The van der Waals surface area contributed by atoms with Gasteiger partial charge in [-0.05, 0) is 49.1 Å². The third kappa shape index (κ3) is 2.43.